The lowest BCUT2D eigenvalue weighted by molar-refractivity contribution is -0.136. The van der Waals surface area contributed by atoms with E-state index >= 15 is 0 Å². The molecule has 0 aromatic heterocycles. The predicted molar refractivity (Wildman–Crippen MR) is 214 cm³/mol. The Morgan fingerprint density at radius 1 is 0.448 bits per heavy atom. The highest BCUT2D eigenvalue weighted by molar-refractivity contribution is 5.87. The third-order valence-corrected chi connectivity index (χ3v) is 9.10. The van der Waals surface area contributed by atoms with Crippen molar-refractivity contribution >= 4 is 24.0 Å². The summed E-state index contributed by atoms with van der Waals surface area (Å²) in [5.74, 6) is -0.677. The number of benzene rings is 4. The lowest BCUT2D eigenvalue weighted by Gasteiger charge is -2.29. The van der Waals surface area contributed by atoms with Gasteiger partial charge in [0.2, 0.25) is 11.8 Å². The Labute approximate surface area is 339 Å². The molecule has 2 atom stereocenters. The average Bonchev–Trinajstić information content (AvgIpc) is 3.26. The molecule has 0 unspecified atom stereocenters. The van der Waals surface area contributed by atoms with E-state index in [2.05, 4.69) is 10.6 Å². The minimum absolute atomic E-state index is 0.0592. The van der Waals surface area contributed by atoms with Crippen molar-refractivity contribution < 1.29 is 47.6 Å². The van der Waals surface area contributed by atoms with E-state index in [1.165, 1.54) is 0 Å². The monoisotopic (exact) mass is 796 g/mol. The number of carbonyl (C=O) groups excluding carboxylic acids is 4. The second-order valence-electron chi connectivity index (χ2n) is 13.2. The molecule has 58 heavy (non-hydrogen) atoms. The zero-order valence-corrected chi connectivity index (χ0v) is 32.6. The van der Waals surface area contributed by atoms with Crippen LogP contribution in [0.3, 0.4) is 0 Å². The van der Waals surface area contributed by atoms with Crippen molar-refractivity contribution in [2.24, 2.45) is 0 Å². The van der Waals surface area contributed by atoms with Crippen LogP contribution in [0.4, 0.5) is 9.59 Å². The first-order valence-electron chi connectivity index (χ1n) is 19.4. The third kappa shape index (κ3) is 14.9. The highest BCUT2D eigenvalue weighted by Gasteiger charge is 2.30. The van der Waals surface area contributed by atoms with Crippen molar-refractivity contribution in [1.29, 1.82) is 0 Å². The summed E-state index contributed by atoms with van der Waals surface area (Å²) in [6.45, 7) is 2.80. The number of nitrogens with zero attached hydrogens (tertiary/aromatic N) is 2. The van der Waals surface area contributed by atoms with Crippen LogP contribution in [0.5, 0.6) is 0 Å². The summed E-state index contributed by atoms with van der Waals surface area (Å²) in [6.07, 6.45) is -1.44. The number of nitrogens with one attached hydrogen (secondary N) is 2. The van der Waals surface area contributed by atoms with Crippen molar-refractivity contribution in [2.75, 3.05) is 79.0 Å². The molecule has 0 saturated carbocycles. The molecule has 2 N–H and O–H groups in total. The maximum atomic E-state index is 14.0. The Kier molecular flexibility index (Phi) is 18.5. The molecule has 14 nitrogen and oxygen atoms in total. The van der Waals surface area contributed by atoms with E-state index in [0.29, 0.717) is 11.1 Å². The largest absolute Gasteiger partial charge is 0.445 e. The molecular formula is C44H52N4O10. The molecule has 14 heteroatoms. The second-order valence-corrected chi connectivity index (χ2v) is 13.2. The molecule has 4 aromatic rings. The SMILES string of the molecule is O=C(N[C@@H](C(=O)N1CCOCCOCCN(C(=O)[C@H](NC(=O)OCc2ccccc2)c2ccccc2)CCOCCOCC1)c1ccccc1)OCc1ccccc1. The van der Waals surface area contributed by atoms with Gasteiger partial charge in [-0.1, -0.05) is 121 Å². The van der Waals surface area contributed by atoms with Crippen LogP contribution >= 0.6 is 0 Å². The molecule has 5 rings (SSSR count). The number of ether oxygens (including phenoxy) is 6. The summed E-state index contributed by atoms with van der Waals surface area (Å²) in [5.41, 5.74) is 2.86. The van der Waals surface area contributed by atoms with Gasteiger partial charge in [0.15, 0.2) is 0 Å². The Morgan fingerprint density at radius 3 is 1.05 bits per heavy atom. The highest BCUT2D eigenvalue weighted by atomic mass is 16.6. The van der Waals surface area contributed by atoms with Gasteiger partial charge in [-0.25, -0.2) is 9.59 Å². The van der Waals surface area contributed by atoms with Gasteiger partial charge in [-0.2, -0.15) is 0 Å². The van der Waals surface area contributed by atoms with E-state index in [1.807, 2.05) is 72.8 Å². The number of hydrogen-bond donors (Lipinski definition) is 2. The van der Waals surface area contributed by atoms with Gasteiger partial charge in [0.1, 0.15) is 25.3 Å². The highest BCUT2D eigenvalue weighted by Crippen LogP contribution is 2.19. The summed E-state index contributed by atoms with van der Waals surface area (Å²) in [7, 11) is 0. The lowest BCUT2D eigenvalue weighted by atomic mass is 10.1. The van der Waals surface area contributed by atoms with E-state index in [9.17, 15) is 19.2 Å². The Balaban J connectivity index is 1.16. The topological polar surface area (TPSA) is 154 Å². The van der Waals surface area contributed by atoms with Gasteiger partial charge in [0, 0.05) is 26.2 Å². The molecule has 4 aromatic carbocycles. The quantitative estimate of drug-likeness (QED) is 0.223. The van der Waals surface area contributed by atoms with Crippen molar-refractivity contribution in [1.82, 2.24) is 20.4 Å². The van der Waals surface area contributed by atoms with Crippen LogP contribution in [0.2, 0.25) is 0 Å². The molecule has 308 valence electrons. The normalized spacial score (nSPS) is 16.1. The van der Waals surface area contributed by atoms with Gasteiger partial charge in [0.05, 0.1) is 52.9 Å². The zero-order valence-electron chi connectivity index (χ0n) is 32.6. The van der Waals surface area contributed by atoms with E-state index in [4.69, 9.17) is 28.4 Å². The second kappa shape index (κ2) is 24.8. The van der Waals surface area contributed by atoms with E-state index < -0.39 is 24.3 Å². The minimum Gasteiger partial charge on any atom is -0.445 e. The fourth-order valence-corrected chi connectivity index (χ4v) is 6.00. The molecule has 1 saturated heterocycles. The Bertz CT molecular complexity index is 1650. The van der Waals surface area contributed by atoms with Crippen molar-refractivity contribution in [3.8, 4) is 0 Å². The standard InChI is InChI=1S/C44H52N4O10/c49-41(39(37-17-9-3-10-18-37)45-43(51)57-33-35-13-5-1-6-14-35)47-21-25-53-29-31-55-27-23-48(24-28-56-32-30-54-26-22-47)42(50)40(38-19-11-4-12-20-38)46-44(52)58-34-36-15-7-2-8-16-36/h1-20,39-40H,21-34H2,(H,45,51)(H,46,52)/t39-,40-/m1/s1. The smallest absolute Gasteiger partial charge is 0.408 e. The van der Waals surface area contributed by atoms with E-state index in [0.717, 1.165) is 11.1 Å². The summed E-state index contributed by atoms with van der Waals surface area (Å²) in [5, 5.41) is 5.51. The molecule has 0 aliphatic carbocycles. The van der Waals surface area contributed by atoms with E-state index in [-0.39, 0.29) is 104 Å². The Hall–Kier alpha value is -5.80. The predicted octanol–water partition coefficient (Wildman–Crippen LogP) is 5.06. The number of hydrogen-bond acceptors (Lipinski definition) is 10. The van der Waals surface area contributed by atoms with Gasteiger partial charge in [-0.05, 0) is 22.3 Å². The number of alkyl carbamates (subject to hydrolysis) is 2. The van der Waals surface area contributed by atoms with Crippen LogP contribution in [0, 0.1) is 0 Å². The molecule has 1 aliphatic rings. The summed E-state index contributed by atoms with van der Waals surface area (Å²) in [4.78, 5) is 57.1. The lowest BCUT2D eigenvalue weighted by Crippen LogP contribution is -2.46. The number of amides is 4. The first kappa shape index (κ1) is 43.3. The molecule has 1 aliphatic heterocycles. The first-order chi connectivity index (χ1) is 28.5. The molecule has 0 radical (unpaired) electrons. The molecule has 0 spiro atoms. The van der Waals surface area contributed by atoms with Gasteiger partial charge < -0.3 is 48.9 Å². The van der Waals surface area contributed by atoms with Crippen LogP contribution in [0.15, 0.2) is 121 Å². The van der Waals surface area contributed by atoms with Crippen LogP contribution < -0.4 is 10.6 Å². The number of rotatable bonds is 10. The van der Waals surface area contributed by atoms with Crippen molar-refractivity contribution in [3.63, 3.8) is 0 Å². The molecule has 0 bridgehead atoms. The van der Waals surface area contributed by atoms with Crippen molar-refractivity contribution in [3.05, 3.63) is 144 Å². The van der Waals surface area contributed by atoms with Gasteiger partial charge in [0.25, 0.3) is 0 Å². The summed E-state index contributed by atoms with van der Waals surface area (Å²) >= 11 is 0. The van der Waals surface area contributed by atoms with E-state index in [1.54, 1.807) is 58.3 Å². The molecule has 1 fully saturated rings. The third-order valence-electron chi connectivity index (χ3n) is 9.10. The van der Waals surface area contributed by atoms with Crippen LogP contribution in [-0.4, -0.2) is 113 Å². The minimum atomic E-state index is -1.00. The summed E-state index contributed by atoms with van der Waals surface area (Å²) < 4.78 is 34.3. The van der Waals surface area contributed by atoms with Crippen LogP contribution in [0.25, 0.3) is 0 Å². The average molecular weight is 797 g/mol. The summed E-state index contributed by atoms with van der Waals surface area (Å²) in [6, 6.07) is 34.6. The maximum Gasteiger partial charge on any atom is 0.408 e. The zero-order chi connectivity index (χ0) is 40.6. The molecule has 1 heterocycles. The number of carbonyl (C=O) groups is 4. The maximum absolute atomic E-state index is 14.0. The van der Waals surface area contributed by atoms with Gasteiger partial charge in [-0.15, -0.1) is 0 Å². The first-order valence-corrected chi connectivity index (χ1v) is 19.4. The van der Waals surface area contributed by atoms with Gasteiger partial charge in [-0.3, -0.25) is 9.59 Å². The Morgan fingerprint density at radius 2 is 0.741 bits per heavy atom. The van der Waals surface area contributed by atoms with Crippen LogP contribution in [-0.2, 0) is 51.2 Å². The van der Waals surface area contributed by atoms with Crippen LogP contribution in [0.1, 0.15) is 34.3 Å². The molecule has 4 amide bonds. The molecular weight excluding hydrogens is 745 g/mol. The van der Waals surface area contributed by atoms with Gasteiger partial charge >= 0.3 is 12.2 Å². The fourth-order valence-electron chi connectivity index (χ4n) is 6.00. The fraction of sp³-hybridized carbons (Fsp3) is 0.364. The van der Waals surface area contributed by atoms with Crippen molar-refractivity contribution in [2.45, 2.75) is 25.3 Å².